The van der Waals surface area contributed by atoms with Crippen LogP contribution in [0.4, 0.5) is 8.78 Å². The minimum absolute atomic E-state index is 0.121. The van der Waals surface area contributed by atoms with Crippen molar-refractivity contribution in [2.24, 2.45) is 0 Å². The third-order valence-electron chi connectivity index (χ3n) is 4.58. The fraction of sp³-hybridized carbons (Fsp3) is 0.444. The van der Waals surface area contributed by atoms with E-state index in [1.54, 1.807) is 6.07 Å². The summed E-state index contributed by atoms with van der Waals surface area (Å²) in [6, 6.07) is 4.20. The summed E-state index contributed by atoms with van der Waals surface area (Å²) in [6.07, 6.45) is 1.99. The lowest BCUT2D eigenvalue weighted by Gasteiger charge is -2.37. The second-order valence-electron chi connectivity index (χ2n) is 6.26. The highest BCUT2D eigenvalue weighted by Crippen LogP contribution is 2.40. The third-order valence-corrected chi connectivity index (χ3v) is 4.90. The van der Waals surface area contributed by atoms with Gasteiger partial charge in [0.2, 0.25) is 0 Å². The van der Waals surface area contributed by atoms with Gasteiger partial charge in [-0.15, -0.1) is 0 Å². The molecule has 6 nitrogen and oxygen atoms in total. The Morgan fingerprint density at radius 3 is 2.56 bits per heavy atom. The largest absolute Gasteiger partial charge is 0.493 e. The Morgan fingerprint density at radius 2 is 2.00 bits per heavy atom. The molecular formula is C18H20F2N2O4S. The molecule has 0 amide bonds. The molecule has 1 unspecified atom stereocenters. The zero-order valence-corrected chi connectivity index (χ0v) is 15.9. The molecule has 146 valence electrons. The molecule has 1 saturated carbocycles. The molecule has 1 aliphatic carbocycles. The quantitative estimate of drug-likeness (QED) is 0.584. The molecule has 1 N–H and O–H groups in total. The molecule has 3 rings (SSSR count). The van der Waals surface area contributed by atoms with E-state index in [1.165, 1.54) is 26.4 Å². The highest BCUT2D eigenvalue weighted by Gasteiger charge is 2.40. The van der Waals surface area contributed by atoms with E-state index in [9.17, 15) is 13.6 Å². The summed E-state index contributed by atoms with van der Waals surface area (Å²) in [7, 11) is 2.66. The summed E-state index contributed by atoms with van der Waals surface area (Å²) < 4.78 is 40.0. The highest BCUT2D eigenvalue weighted by atomic mass is 32.1. The first-order valence-electron chi connectivity index (χ1n) is 8.39. The lowest BCUT2D eigenvalue weighted by molar-refractivity contribution is -0.136. The Hall–Kier alpha value is -2.42. The van der Waals surface area contributed by atoms with Crippen molar-refractivity contribution in [1.29, 1.82) is 0 Å². The van der Waals surface area contributed by atoms with Crippen LogP contribution < -0.4 is 14.8 Å². The van der Waals surface area contributed by atoms with Crippen molar-refractivity contribution in [2.45, 2.75) is 38.5 Å². The van der Waals surface area contributed by atoms with Crippen molar-refractivity contribution in [3.05, 3.63) is 35.0 Å². The Balaban J connectivity index is 2.06. The first-order chi connectivity index (χ1) is 12.9. The minimum atomic E-state index is -3.00. The number of ether oxygens (including phenoxy) is 3. The predicted octanol–water partition coefficient (Wildman–Crippen LogP) is 3.14. The van der Waals surface area contributed by atoms with Crippen LogP contribution in [-0.2, 0) is 9.53 Å². The lowest BCUT2D eigenvalue weighted by atomic mass is 9.94. The van der Waals surface area contributed by atoms with Gasteiger partial charge < -0.3 is 24.4 Å². The summed E-state index contributed by atoms with van der Waals surface area (Å²) in [4.78, 5) is 14.4. The van der Waals surface area contributed by atoms with E-state index in [4.69, 9.17) is 21.7 Å². The number of methoxy groups -OCH3 is 2. The van der Waals surface area contributed by atoms with E-state index in [0.717, 1.165) is 12.8 Å². The normalized spacial score (nSPS) is 19.9. The van der Waals surface area contributed by atoms with Crippen LogP contribution in [0, 0.1) is 0 Å². The second-order valence-corrected chi connectivity index (χ2v) is 6.65. The summed E-state index contributed by atoms with van der Waals surface area (Å²) in [5, 5.41) is 3.62. The van der Waals surface area contributed by atoms with E-state index in [0.29, 0.717) is 21.9 Å². The molecule has 0 aromatic heterocycles. The maximum Gasteiger partial charge on any atom is 0.387 e. The minimum Gasteiger partial charge on any atom is -0.493 e. The van der Waals surface area contributed by atoms with Crippen molar-refractivity contribution in [2.75, 3.05) is 14.2 Å². The van der Waals surface area contributed by atoms with Gasteiger partial charge in [-0.1, -0.05) is 6.07 Å². The van der Waals surface area contributed by atoms with Crippen LogP contribution >= 0.6 is 12.2 Å². The number of carbonyl (C=O) groups is 1. The predicted molar refractivity (Wildman–Crippen MR) is 97.7 cm³/mol. The number of esters is 1. The van der Waals surface area contributed by atoms with Gasteiger partial charge in [-0.25, -0.2) is 4.79 Å². The SMILES string of the molecule is COC(=O)C1=C(C)N(C2CC2)C(=S)NC1c1ccc(OC)c(OC(F)F)c1. The maximum atomic E-state index is 12.7. The molecule has 0 bridgehead atoms. The number of nitrogens with one attached hydrogen (secondary N) is 1. The fourth-order valence-electron chi connectivity index (χ4n) is 3.22. The summed E-state index contributed by atoms with van der Waals surface area (Å²) in [5.41, 5.74) is 1.61. The number of nitrogens with zero attached hydrogens (tertiary/aromatic N) is 1. The van der Waals surface area contributed by atoms with E-state index >= 15 is 0 Å². The zero-order chi connectivity index (χ0) is 19.7. The first kappa shape index (κ1) is 19.3. The van der Waals surface area contributed by atoms with Gasteiger partial charge in [-0.3, -0.25) is 0 Å². The molecule has 0 spiro atoms. The molecule has 1 fully saturated rings. The average Bonchev–Trinajstić information content (AvgIpc) is 3.45. The number of allylic oxidation sites excluding steroid dienone is 1. The standard InChI is InChI=1S/C18H20F2N2O4S/c1-9-14(16(23)25-3)15(21-18(27)22(9)11-5-6-11)10-4-7-12(24-2)13(8-10)26-17(19)20/h4,7-8,11,15,17H,5-6H2,1-3H3,(H,21,27). The van der Waals surface area contributed by atoms with E-state index in [-0.39, 0.29) is 17.5 Å². The van der Waals surface area contributed by atoms with Crippen molar-refractivity contribution in [1.82, 2.24) is 10.2 Å². The number of hydrogen-bond acceptors (Lipinski definition) is 5. The summed E-state index contributed by atoms with van der Waals surface area (Å²) in [6.45, 7) is -1.19. The van der Waals surface area contributed by atoms with E-state index < -0.39 is 18.6 Å². The molecule has 2 aliphatic rings. The van der Waals surface area contributed by atoms with Gasteiger partial charge in [0.25, 0.3) is 0 Å². The Morgan fingerprint density at radius 1 is 1.30 bits per heavy atom. The number of carbonyl (C=O) groups excluding carboxylic acids is 1. The molecule has 1 heterocycles. The number of rotatable bonds is 6. The topological polar surface area (TPSA) is 60.0 Å². The number of halogens is 2. The Bertz CT molecular complexity index is 796. The number of alkyl halides is 2. The van der Waals surface area contributed by atoms with Gasteiger partial charge in [-0.2, -0.15) is 8.78 Å². The van der Waals surface area contributed by atoms with Crippen molar-refractivity contribution < 1.29 is 27.8 Å². The van der Waals surface area contributed by atoms with Gasteiger partial charge in [0.15, 0.2) is 16.6 Å². The smallest absolute Gasteiger partial charge is 0.387 e. The maximum absolute atomic E-state index is 12.7. The van der Waals surface area contributed by atoms with Crippen LogP contribution in [0.3, 0.4) is 0 Å². The first-order valence-corrected chi connectivity index (χ1v) is 8.79. The number of benzene rings is 1. The summed E-state index contributed by atoms with van der Waals surface area (Å²) >= 11 is 5.48. The molecule has 9 heteroatoms. The molecule has 1 aliphatic heterocycles. The lowest BCUT2D eigenvalue weighted by Crippen LogP contribution is -2.48. The fourth-order valence-corrected chi connectivity index (χ4v) is 3.62. The number of hydrogen-bond donors (Lipinski definition) is 1. The van der Waals surface area contributed by atoms with Gasteiger partial charge in [0.1, 0.15) is 0 Å². The third kappa shape index (κ3) is 3.83. The van der Waals surface area contributed by atoms with Gasteiger partial charge in [0.05, 0.1) is 25.8 Å². The van der Waals surface area contributed by atoms with Crippen LogP contribution in [0.15, 0.2) is 29.5 Å². The Kier molecular flexibility index (Phi) is 5.50. The molecule has 0 saturated heterocycles. The molecule has 0 radical (unpaired) electrons. The molecule has 27 heavy (non-hydrogen) atoms. The van der Waals surface area contributed by atoms with Crippen LogP contribution in [0.2, 0.25) is 0 Å². The van der Waals surface area contributed by atoms with Gasteiger partial charge in [0, 0.05) is 11.7 Å². The van der Waals surface area contributed by atoms with Crippen molar-refractivity contribution >= 4 is 23.3 Å². The van der Waals surface area contributed by atoms with Crippen molar-refractivity contribution in [3.8, 4) is 11.5 Å². The molecule has 1 aromatic rings. The second kappa shape index (κ2) is 7.67. The molecule has 1 aromatic carbocycles. The van der Waals surface area contributed by atoms with Crippen molar-refractivity contribution in [3.63, 3.8) is 0 Å². The van der Waals surface area contributed by atoms with Gasteiger partial charge in [-0.05, 0) is 49.7 Å². The van der Waals surface area contributed by atoms with Gasteiger partial charge >= 0.3 is 12.6 Å². The Labute approximate surface area is 161 Å². The number of thiocarbonyl (C=S) groups is 1. The highest BCUT2D eigenvalue weighted by molar-refractivity contribution is 7.80. The average molecular weight is 398 g/mol. The monoisotopic (exact) mass is 398 g/mol. The van der Waals surface area contributed by atoms with Crippen LogP contribution in [0.5, 0.6) is 11.5 Å². The zero-order valence-electron chi connectivity index (χ0n) is 15.1. The van der Waals surface area contributed by atoms with Crippen LogP contribution in [0.25, 0.3) is 0 Å². The molecular weight excluding hydrogens is 378 g/mol. The molecule has 1 atom stereocenters. The van der Waals surface area contributed by atoms with E-state index in [2.05, 4.69) is 10.1 Å². The van der Waals surface area contributed by atoms with E-state index in [1.807, 2.05) is 11.8 Å². The van der Waals surface area contributed by atoms with Crippen LogP contribution in [0.1, 0.15) is 31.4 Å². The van der Waals surface area contributed by atoms with Crippen LogP contribution in [-0.4, -0.2) is 42.9 Å². The summed E-state index contributed by atoms with van der Waals surface area (Å²) in [5.74, 6) is -0.466.